The molecule has 4 heterocycles. The number of aromatic amines is 1. The number of H-pyrrole nitrogens is 1. The van der Waals surface area contributed by atoms with Crippen molar-refractivity contribution in [2.75, 3.05) is 19.7 Å². The van der Waals surface area contributed by atoms with Crippen molar-refractivity contribution in [2.45, 2.75) is 69.7 Å². The van der Waals surface area contributed by atoms with E-state index in [1.165, 1.54) is 0 Å². The fourth-order valence-corrected chi connectivity index (χ4v) is 5.86. The number of aliphatic hydroxyl groups is 1. The average Bonchev–Trinajstić information content (AvgIpc) is 3.22. The Morgan fingerprint density at radius 2 is 2.00 bits per heavy atom. The third kappa shape index (κ3) is 4.73. The fraction of sp³-hybridized carbons (Fsp3) is 0.538. The van der Waals surface area contributed by atoms with Crippen molar-refractivity contribution in [3.63, 3.8) is 0 Å². The summed E-state index contributed by atoms with van der Waals surface area (Å²) in [7, 11) is 0. The highest BCUT2D eigenvalue weighted by Gasteiger charge is 2.50. The number of aromatic nitrogens is 4. The zero-order chi connectivity index (χ0) is 26.4. The van der Waals surface area contributed by atoms with Crippen LogP contribution in [0.4, 0.5) is 4.39 Å². The molecule has 5 rings (SSSR count). The fourth-order valence-electron chi connectivity index (χ4n) is 5.86. The van der Waals surface area contributed by atoms with Gasteiger partial charge < -0.3 is 19.3 Å². The van der Waals surface area contributed by atoms with Gasteiger partial charge in [0.25, 0.3) is 5.56 Å². The van der Waals surface area contributed by atoms with E-state index in [4.69, 9.17) is 9.72 Å². The van der Waals surface area contributed by atoms with Crippen molar-refractivity contribution < 1.29 is 19.0 Å². The Bertz CT molecular complexity index is 1430. The molecule has 3 aromatic rings. The molecule has 10 nitrogen and oxygen atoms in total. The maximum absolute atomic E-state index is 13.8. The van der Waals surface area contributed by atoms with Crippen molar-refractivity contribution in [2.24, 2.45) is 0 Å². The molecule has 0 aliphatic carbocycles. The number of hydrogen-bond donors (Lipinski definition) is 2. The molecule has 11 heteroatoms. The van der Waals surface area contributed by atoms with Crippen molar-refractivity contribution in [1.29, 1.82) is 0 Å². The molecule has 0 saturated carbocycles. The second-order valence-corrected chi connectivity index (χ2v) is 10.3. The van der Waals surface area contributed by atoms with Gasteiger partial charge in [0, 0.05) is 38.9 Å². The molecule has 2 fully saturated rings. The molecule has 2 atom stereocenters. The number of para-hydroxylation sites is 2. The number of nitrogens with one attached hydrogen (secondary N) is 1. The number of carbonyl (C=O) groups is 1. The van der Waals surface area contributed by atoms with Gasteiger partial charge in [-0.05, 0) is 38.8 Å². The molecule has 198 valence electrons. The van der Waals surface area contributed by atoms with Gasteiger partial charge in [-0.1, -0.05) is 12.1 Å². The summed E-state index contributed by atoms with van der Waals surface area (Å²) >= 11 is 0. The van der Waals surface area contributed by atoms with Gasteiger partial charge in [-0.2, -0.15) is 4.39 Å². The molecular formula is C26H32FN5O5. The van der Waals surface area contributed by atoms with Crippen LogP contribution in [0.1, 0.15) is 51.4 Å². The summed E-state index contributed by atoms with van der Waals surface area (Å²) in [6, 6.07) is 7.10. The summed E-state index contributed by atoms with van der Waals surface area (Å²) in [5.74, 6) is -0.144. The molecule has 2 N–H and O–H groups in total. The Kier molecular flexibility index (Phi) is 6.53. The topological polar surface area (TPSA) is 122 Å². The van der Waals surface area contributed by atoms with Crippen molar-refractivity contribution in [1.82, 2.24) is 24.0 Å². The highest BCUT2D eigenvalue weighted by atomic mass is 19.1. The monoisotopic (exact) mass is 513 g/mol. The number of piperidine rings is 1. The standard InChI is InChI=1S/C26H32FN5O5/c1-3-31-19-7-5-4-6-18(19)28-21(31)8-9-22(33)30-12-10-26(11-13-30)16-25(2,36)20(15-37-26)32-14-17(27)23(34)29-24(32)35/h4-7,14,20,36H,3,8-13,15-16H2,1-2H3,(H,29,34,35)/t20-,25-/m1/s1. The number of halogens is 1. The van der Waals surface area contributed by atoms with E-state index in [-0.39, 0.29) is 18.9 Å². The van der Waals surface area contributed by atoms with Crippen LogP contribution in [-0.2, 0) is 22.5 Å². The molecule has 0 radical (unpaired) electrons. The number of aryl methyl sites for hydroxylation is 2. The van der Waals surface area contributed by atoms with Crippen LogP contribution in [0, 0.1) is 5.82 Å². The molecule has 1 aromatic carbocycles. The van der Waals surface area contributed by atoms with Gasteiger partial charge in [-0.3, -0.25) is 19.1 Å². The quantitative estimate of drug-likeness (QED) is 0.536. The zero-order valence-corrected chi connectivity index (χ0v) is 21.1. The highest BCUT2D eigenvalue weighted by Crippen LogP contribution is 2.43. The van der Waals surface area contributed by atoms with Crippen LogP contribution in [-0.4, -0.2) is 65.9 Å². The largest absolute Gasteiger partial charge is 0.388 e. The third-order valence-corrected chi connectivity index (χ3v) is 7.85. The Hall–Kier alpha value is -3.31. The van der Waals surface area contributed by atoms with E-state index in [0.29, 0.717) is 38.8 Å². The third-order valence-electron chi connectivity index (χ3n) is 7.85. The van der Waals surface area contributed by atoms with E-state index < -0.39 is 34.3 Å². The van der Waals surface area contributed by atoms with Crippen LogP contribution in [0.3, 0.4) is 0 Å². The second-order valence-electron chi connectivity index (χ2n) is 10.3. The molecule has 0 unspecified atom stereocenters. The van der Waals surface area contributed by atoms with Gasteiger partial charge >= 0.3 is 5.69 Å². The van der Waals surface area contributed by atoms with Gasteiger partial charge in [0.2, 0.25) is 11.7 Å². The minimum atomic E-state index is -1.38. The molecule has 0 bridgehead atoms. The number of nitrogens with zero attached hydrogens (tertiary/aromatic N) is 4. The number of ether oxygens (including phenoxy) is 1. The Morgan fingerprint density at radius 3 is 2.70 bits per heavy atom. The Labute approximate surface area is 212 Å². The summed E-state index contributed by atoms with van der Waals surface area (Å²) < 4.78 is 23.1. The van der Waals surface area contributed by atoms with Gasteiger partial charge in [-0.25, -0.2) is 9.78 Å². The first kappa shape index (κ1) is 25.3. The van der Waals surface area contributed by atoms with E-state index in [1.54, 1.807) is 6.92 Å². The van der Waals surface area contributed by atoms with Crippen LogP contribution < -0.4 is 11.2 Å². The number of carbonyl (C=O) groups excluding carboxylic acids is 1. The zero-order valence-electron chi connectivity index (χ0n) is 21.1. The van der Waals surface area contributed by atoms with Crippen molar-refractivity contribution in [3.05, 3.63) is 62.9 Å². The summed E-state index contributed by atoms with van der Waals surface area (Å²) in [5.41, 5.74) is -1.92. The number of likely N-dealkylation sites (tertiary alicyclic amines) is 1. The van der Waals surface area contributed by atoms with Crippen LogP contribution in [0.2, 0.25) is 0 Å². The lowest BCUT2D eigenvalue weighted by Crippen LogP contribution is -2.59. The maximum atomic E-state index is 13.8. The Balaban J connectivity index is 1.21. The molecular weight excluding hydrogens is 481 g/mol. The number of benzene rings is 1. The van der Waals surface area contributed by atoms with E-state index >= 15 is 0 Å². The van der Waals surface area contributed by atoms with Crippen LogP contribution in [0.15, 0.2) is 40.1 Å². The van der Waals surface area contributed by atoms with Gasteiger partial charge in [-0.15, -0.1) is 0 Å². The first-order valence-corrected chi connectivity index (χ1v) is 12.7. The number of hydrogen-bond acceptors (Lipinski definition) is 6. The van der Waals surface area contributed by atoms with E-state index in [2.05, 4.69) is 11.5 Å². The maximum Gasteiger partial charge on any atom is 0.328 e. The molecule has 2 aliphatic heterocycles. The van der Waals surface area contributed by atoms with E-state index in [1.807, 2.05) is 34.1 Å². The lowest BCUT2D eigenvalue weighted by atomic mass is 9.75. The minimum Gasteiger partial charge on any atom is -0.388 e. The predicted octanol–water partition coefficient (Wildman–Crippen LogP) is 1.75. The molecule has 2 aromatic heterocycles. The molecule has 1 amide bonds. The van der Waals surface area contributed by atoms with E-state index in [0.717, 1.165) is 34.2 Å². The molecule has 2 saturated heterocycles. The Morgan fingerprint density at radius 1 is 1.27 bits per heavy atom. The summed E-state index contributed by atoms with van der Waals surface area (Å²) in [6.07, 6.45) is 3.04. The molecule has 2 aliphatic rings. The van der Waals surface area contributed by atoms with Crippen molar-refractivity contribution >= 4 is 16.9 Å². The van der Waals surface area contributed by atoms with E-state index in [9.17, 15) is 23.9 Å². The number of rotatable bonds is 5. The first-order valence-electron chi connectivity index (χ1n) is 12.7. The number of amides is 1. The summed E-state index contributed by atoms with van der Waals surface area (Å²) in [6.45, 7) is 5.42. The molecule has 1 spiro atoms. The summed E-state index contributed by atoms with van der Waals surface area (Å²) in [5, 5.41) is 11.2. The number of fused-ring (bicyclic) bond motifs is 1. The smallest absolute Gasteiger partial charge is 0.328 e. The second kappa shape index (κ2) is 9.53. The van der Waals surface area contributed by atoms with Crippen LogP contribution in [0.25, 0.3) is 11.0 Å². The first-order chi connectivity index (χ1) is 17.6. The van der Waals surface area contributed by atoms with Gasteiger partial charge in [0.1, 0.15) is 5.82 Å². The lowest BCUT2D eigenvalue weighted by Gasteiger charge is -2.51. The normalized spacial score (nSPS) is 23.6. The van der Waals surface area contributed by atoms with Gasteiger partial charge in [0.05, 0.1) is 41.1 Å². The van der Waals surface area contributed by atoms with Crippen LogP contribution >= 0.6 is 0 Å². The minimum absolute atomic E-state index is 0.0143. The summed E-state index contributed by atoms with van der Waals surface area (Å²) in [4.78, 5) is 45.1. The number of imidazole rings is 1. The highest BCUT2D eigenvalue weighted by molar-refractivity contribution is 5.78. The lowest BCUT2D eigenvalue weighted by molar-refractivity contribution is -0.198. The van der Waals surface area contributed by atoms with Crippen LogP contribution in [0.5, 0.6) is 0 Å². The van der Waals surface area contributed by atoms with Gasteiger partial charge in [0.15, 0.2) is 0 Å². The molecule has 37 heavy (non-hydrogen) atoms. The van der Waals surface area contributed by atoms with Crippen molar-refractivity contribution in [3.8, 4) is 0 Å². The average molecular weight is 514 g/mol. The SMILES string of the molecule is CCn1c(CCC(=O)N2CCC3(CC2)C[C@@](C)(O)[C@H](n2cc(F)c(=O)[nH]c2=O)CO3)nc2ccccc21. The predicted molar refractivity (Wildman–Crippen MR) is 134 cm³/mol.